The highest BCUT2D eigenvalue weighted by Crippen LogP contribution is 2.22. The van der Waals surface area contributed by atoms with Gasteiger partial charge in [-0.1, -0.05) is 23.2 Å². The van der Waals surface area contributed by atoms with Gasteiger partial charge in [-0.25, -0.2) is 5.48 Å². The molecule has 0 fully saturated rings. The number of benzene rings is 1. The molecule has 82 valence electrons. The fourth-order valence-electron chi connectivity index (χ4n) is 0.872. The molecule has 0 aromatic heterocycles. The third kappa shape index (κ3) is 3.68. The van der Waals surface area contributed by atoms with Crippen LogP contribution in [0.25, 0.3) is 0 Å². The van der Waals surface area contributed by atoms with E-state index in [0.717, 1.165) is 0 Å². The second kappa shape index (κ2) is 5.92. The Labute approximate surface area is 97.3 Å². The Morgan fingerprint density at radius 3 is 2.73 bits per heavy atom. The highest BCUT2D eigenvalue weighted by atomic mass is 35.5. The summed E-state index contributed by atoms with van der Waals surface area (Å²) >= 11 is 11.4. The maximum Gasteiger partial charge on any atom is 0.274 e. The third-order valence-corrected chi connectivity index (χ3v) is 2.31. The molecule has 0 unspecified atom stereocenters. The Bertz CT molecular complexity index is 358. The molecule has 0 bridgehead atoms. The summed E-state index contributed by atoms with van der Waals surface area (Å²) in [6.45, 7) is 0.592. The van der Waals surface area contributed by atoms with Crippen molar-refractivity contribution in [1.82, 2.24) is 5.48 Å². The van der Waals surface area contributed by atoms with Crippen molar-refractivity contribution in [2.24, 2.45) is 5.73 Å². The predicted molar refractivity (Wildman–Crippen MR) is 58.9 cm³/mol. The third-order valence-electron chi connectivity index (χ3n) is 1.57. The molecule has 3 N–H and O–H groups in total. The summed E-state index contributed by atoms with van der Waals surface area (Å²) in [5, 5.41) is 0.722. The Balaban J connectivity index is 2.62. The molecule has 6 heteroatoms. The van der Waals surface area contributed by atoms with Gasteiger partial charge in [0.2, 0.25) is 0 Å². The van der Waals surface area contributed by atoms with Crippen molar-refractivity contribution in [3.05, 3.63) is 33.8 Å². The summed E-state index contributed by atoms with van der Waals surface area (Å²) in [4.78, 5) is 16.2. The van der Waals surface area contributed by atoms with Crippen LogP contribution in [0.4, 0.5) is 0 Å². The lowest BCUT2D eigenvalue weighted by Gasteiger charge is -2.05. The number of amides is 1. The van der Waals surface area contributed by atoms with E-state index in [4.69, 9.17) is 33.8 Å². The molecule has 0 saturated carbocycles. The van der Waals surface area contributed by atoms with Crippen molar-refractivity contribution in [3.8, 4) is 0 Å². The lowest BCUT2D eigenvalue weighted by atomic mass is 10.2. The zero-order chi connectivity index (χ0) is 11.3. The van der Waals surface area contributed by atoms with Crippen LogP contribution >= 0.6 is 23.2 Å². The van der Waals surface area contributed by atoms with Crippen molar-refractivity contribution in [1.29, 1.82) is 0 Å². The zero-order valence-corrected chi connectivity index (χ0v) is 9.31. The number of nitrogens with one attached hydrogen (secondary N) is 1. The van der Waals surface area contributed by atoms with Gasteiger partial charge in [-0.15, -0.1) is 0 Å². The van der Waals surface area contributed by atoms with Crippen LogP contribution in [0.2, 0.25) is 10.0 Å². The normalized spacial score (nSPS) is 10.1. The van der Waals surface area contributed by atoms with Gasteiger partial charge in [0.05, 0.1) is 16.7 Å². The summed E-state index contributed by atoms with van der Waals surface area (Å²) < 4.78 is 0. The van der Waals surface area contributed by atoms with Gasteiger partial charge in [0.25, 0.3) is 5.91 Å². The maximum absolute atomic E-state index is 11.4. The van der Waals surface area contributed by atoms with Gasteiger partial charge in [-0.3, -0.25) is 9.63 Å². The van der Waals surface area contributed by atoms with E-state index in [2.05, 4.69) is 5.48 Å². The molecule has 15 heavy (non-hydrogen) atoms. The minimum atomic E-state index is -0.387. The Morgan fingerprint density at radius 1 is 1.40 bits per heavy atom. The lowest BCUT2D eigenvalue weighted by Crippen LogP contribution is -2.26. The van der Waals surface area contributed by atoms with Gasteiger partial charge in [0, 0.05) is 12.1 Å². The summed E-state index contributed by atoms with van der Waals surface area (Å²) in [6, 6.07) is 4.56. The van der Waals surface area contributed by atoms with Crippen molar-refractivity contribution in [3.63, 3.8) is 0 Å². The van der Waals surface area contributed by atoms with Crippen LogP contribution in [0.3, 0.4) is 0 Å². The SMILES string of the molecule is NCCONC(=O)c1ccc(Cl)c(Cl)c1. The van der Waals surface area contributed by atoms with E-state index in [9.17, 15) is 4.79 Å². The standard InChI is InChI=1S/C9H10Cl2N2O2/c10-7-2-1-6(5-8(7)11)9(14)13-15-4-3-12/h1-2,5H,3-4,12H2,(H,13,14). The molecule has 0 spiro atoms. The van der Waals surface area contributed by atoms with Crippen LogP contribution in [0.15, 0.2) is 18.2 Å². The average molecular weight is 249 g/mol. The topological polar surface area (TPSA) is 64.3 Å². The van der Waals surface area contributed by atoms with E-state index >= 15 is 0 Å². The number of carbonyl (C=O) groups is 1. The first-order valence-electron chi connectivity index (χ1n) is 4.22. The largest absolute Gasteiger partial charge is 0.328 e. The predicted octanol–water partition coefficient (Wildman–Crippen LogP) is 1.61. The van der Waals surface area contributed by atoms with Crippen molar-refractivity contribution < 1.29 is 9.63 Å². The minimum Gasteiger partial charge on any atom is -0.328 e. The first kappa shape index (κ1) is 12.3. The van der Waals surface area contributed by atoms with Crippen LogP contribution in [0.1, 0.15) is 10.4 Å². The van der Waals surface area contributed by atoms with Crippen molar-refractivity contribution in [2.45, 2.75) is 0 Å². The van der Waals surface area contributed by atoms with E-state index < -0.39 is 0 Å². The van der Waals surface area contributed by atoms with Crippen LogP contribution in [-0.2, 0) is 4.84 Å². The number of carbonyl (C=O) groups excluding carboxylic acids is 1. The van der Waals surface area contributed by atoms with E-state index in [-0.39, 0.29) is 12.5 Å². The molecule has 4 nitrogen and oxygen atoms in total. The molecular formula is C9H10Cl2N2O2. The van der Waals surface area contributed by atoms with Crippen LogP contribution in [0, 0.1) is 0 Å². The maximum atomic E-state index is 11.4. The minimum absolute atomic E-state index is 0.257. The number of nitrogens with two attached hydrogens (primary N) is 1. The Kier molecular flexibility index (Phi) is 4.84. The van der Waals surface area contributed by atoms with Crippen molar-refractivity contribution >= 4 is 29.1 Å². The molecule has 0 atom stereocenters. The summed E-state index contributed by atoms with van der Waals surface area (Å²) in [5.74, 6) is -0.387. The monoisotopic (exact) mass is 248 g/mol. The average Bonchev–Trinajstić information content (AvgIpc) is 2.22. The number of hydroxylamine groups is 1. The van der Waals surface area contributed by atoms with Gasteiger partial charge in [-0.05, 0) is 18.2 Å². The van der Waals surface area contributed by atoms with Gasteiger partial charge in [0.1, 0.15) is 0 Å². The lowest BCUT2D eigenvalue weighted by molar-refractivity contribution is 0.0343. The molecule has 1 amide bonds. The fourth-order valence-corrected chi connectivity index (χ4v) is 1.17. The molecule has 0 saturated heterocycles. The highest BCUT2D eigenvalue weighted by Gasteiger charge is 2.07. The summed E-state index contributed by atoms with van der Waals surface area (Å²) in [6.07, 6.45) is 0. The molecule has 1 aromatic rings. The van der Waals surface area contributed by atoms with Gasteiger partial charge in [0.15, 0.2) is 0 Å². The van der Waals surface area contributed by atoms with E-state index in [1.54, 1.807) is 12.1 Å². The summed E-state index contributed by atoms with van der Waals surface area (Å²) in [7, 11) is 0. The van der Waals surface area contributed by atoms with Crippen LogP contribution in [-0.4, -0.2) is 19.1 Å². The zero-order valence-electron chi connectivity index (χ0n) is 7.80. The fraction of sp³-hybridized carbons (Fsp3) is 0.222. The summed E-state index contributed by atoms with van der Waals surface area (Å²) in [5.41, 5.74) is 7.78. The number of hydrogen-bond donors (Lipinski definition) is 2. The van der Waals surface area contributed by atoms with Gasteiger partial charge < -0.3 is 5.73 Å². The molecule has 0 radical (unpaired) electrons. The Hall–Kier alpha value is -0.810. The van der Waals surface area contributed by atoms with Crippen LogP contribution < -0.4 is 11.2 Å². The number of hydrogen-bond acceptors (Lipinski definition) is 3. The van der Waals surface area contributed by atoms with Gasteiger partial charge >= 0.3 is 0 Å². The second-order valence-corrected chi connectivity index (χ2v) is 3.51. The van der Waals surface area contributed by atoms with Crippen LogP contribution in [0.5, 0.6) is 0 Å². The molecule has 1 aromatic carbocycles. The molecular weight excluding hydrogens is 239 g/mol. The van der Waals surface area contributed by atoms with E-state index in [0.29, 0.717) is 22.2 Å². The molecule has 1 rings (SSSR count). The quantitative estimate of drug-likeness (QED) is 0.629. The van der Waals surface area contributed by atoms with E-state index in [1.165, 1.54) is 6.07 Å². The van der Waals surface area contributed by atoms with Crippen molar-refractivity contribution in [2.75, 3.05) is 13.2 Å². The van der Waals surface area contributed by atoms with E-state index in [1.807, 2.05) is 0 Å². The first-order valence-corrected chi connectivity index (χ1v) is 4.98. The Morgan fingerprint density at radius 2 is 2.13 bits per heavy atom. The molecule has 0 heterocycles. The number of halogens is 2. The smallest absolute Gasteiger partial charge is 0.274 e. The van der Waals surface area contributed by atoms with Gasteiger partial charge in [-0.2, -0.15) is 0 Å². The molecule has 0 aliphatic carbocycles. The second-order valence-electron chi connectivity index (χ2n) is 2.70. The first-order chi connectivity index (χ1) is 7.15. The molecule has 0 aliphatic heterocycles. The highest BCUT2D eigenvalue weighted by molar-refractivity contribution is 6.42. The number of rotatable bonds is 4. The molecule has 0 aliphatic rings.